The predicted octanol–water partition coefficient (Wildman–Crippen LogP) is 1.65. The molecule has 1 aromatic heterocycles. The Kier molecular flexibility index (Phi) is 4.19. The highest BCUT2D eigenvalue weighted by molar-refractivity contribution is 5.89. The van der Waals surface area contributed by atoms with Gasteiger partial charge in [-0.2, -0.15) is 0 Å². The lowest BCUT2D eigenvalue weighted by atomic mass is 10.0. The first-order chi connectivity index (χ1) is 10.8. The zero-order valence-corrected chi connectivity index (χ0v) is 13.9. The van der Waals surface area contributed by atoms with Crippen LogP contribution in [0.2, 0.25) is 0 Å². The fourth-order valence-corrected chi connectivity index (χ4v) is 3.56. The van der Waals surface area contributed by atoms with Gasteiger partial charge < -0.3 is 19.0 Å². The van der Waals surface area contributed by atoms with E-state index in [-0.39, 0.29) is 35.9 Å². The molecule has 0 spiro atoms. The summed E-state index contributed by atoms with van der Waals surface area (Å²) in [5.74, 6) is 0.551. The average Bonchev–Trinajstić information content (AvgIpc) is 3.07. The Balaban J connectivity index is 1.63. The molecule has 2 aliphatic rings. The van der Waals surface area contributed by atoms with Crippen molar-refractivity contribution in [1.29, 1.82) is 0 Å². The Labute approximate surface area is 136 Å². The van der Waals surface area contributed by atoms with Gasteiger partial charge in [-0.3, -0.25) is 9.59 Å². The number of rotatable bonds is 3. The van der Waals surface area contributed by atoms with Crippen molar-refractivity contribution in [3.05, 3.63) is 24.2 Å². The third-order valence-electron chi connectivity index (χ3n) is 4.37. The molecule has 0 bridgehead atoms. The molecular formula is C17H24N2O4. The third kappa shape index (κ3) is 3.58. The zero-order chi connectivity index (χ0) is 16.6. The monoisotopic (exact) mass is 320 g/mol. The molecule has 3 rings (SSSR count). The average molecular weight is 320 g/mol. The number of carbonyl (C=O) groups excluding carboxylic acids is 2. The number of carbonyl (C=O) groups is 2. The van der Waals surface area contributed by atoms with Crippen molar-refractivity contribution >= 4 is 11.8 Å². The van der Waals surface area contributed by atoms with Gasteiger partial charge in [-0.05, 0) is 32.9 Å². The maximum Gasteiger partial charge on any atom is 0.228 e. The maximum absolute atomic E-state index is 12.8. The lowest BCUT2D eigenvalue weighted by Crippen LogP contribution is -2.55. The lowest BCUT2D eigenvalue weighted by Gasteiger charge is -2.42. The summed E-state index contributed by atoms with van der Waals surface area (Å²) < 4.78 is 11.1. The molecule has 23 heavy (non-hydrogen) atoms. The highest BCUT2D eigenvalue weighted by Crippen LogP contribution is 2.26. The van der Waals surface area contributed by atoms with Crippen LogP contribution < -0.4 is 0 Å². The summed E-state index contributed by atoms with van der Waals surface area (Å²) in [6.45, 7) is 8.01. The van der Waals surface area contributed by atoms with Crippen LogP contribution in [0, 0.1) is 5.92 Å². The standard InChI is InChI=1S/C17H24N2O4/c1-12-8-19(11-17(2,3)23-12)16(21)13-7-15(20)18(9-13)10-14-5-4-6-22-14/h4-6,12-13H,7-11H2,1-3H3/t12-,13-/m0/s1. The van der Waals surface area contributed by atoms with Crippen molar-refractivity contribution in [2.45, 2.75) is 45.4 Å². The topological polar surface area (TPSA) is 63.0 Å². The van der Waals surface area contributed by atoms with Crippen LogP contribution in [-0.4, -0.2) is 53.0 Å². The van der Waals surface area contributed by atoms with Gasteiger partial charge in [0.1, 0.15) is 5.76 Å². The molecule has 126 valence electrons. The number of amides is 2. The van der Waals surface area contributed by atoms with E-state index in [4.69, 9.17) is 9.15 Å². The summed E-state index contributed by atoms with van der Waals surface area (Å²) in [5.41, 5.74) is -0.343. The van der Waals surface area contributed by atoms with Crippen molar-refractivity contribution in [3.8, 4) is 0 Å². The van der Waals surface area contributed by atoms with Crippen LogP contribution >= 0.6 is 0 Å². The Hall–Kier alpha value is -1.82. The number of morpholine rings is 1. The molecule has 0 saturated carbocycles. The van der Waals surface area contributed by atoms with Crippen molar-refractivity contribution in [3.63, 3.8) is 0 Å². The molecule has 6 heteroatoms. The van der Waals surface area contributed by atoms with E-state index in [9.17, 15) is 9.59 Å². The van der Waals surface area contributed by atoms with Crippen LogP contribution in [0.25, 0.3) is 0 Å². The first-order valence-corrected chi connectivity index (χ1v) is 8.11. The Morgan fingerprint density at radius 3 is 2.83 bits per heavy atom. The third-order valence-corrected chi connectivity index (χ3v) is 4.37. The molecule has 0 radical (unpaired) electrons. The van der Waals surface area contributed by atoms with E-state index in [1.54, 1.807) is 17.2 Å². The second-order valence-corrected chi connectivity index (χ2v) is 7.16. The van der Waals surface area contributed by atoms with E-state index >= 15 is 0 Å². The first-order valence-electron chi connectivity index (χ1n) is 8.11. The molecule has 2 atom stereocenters. The van der Waals surface area contributed by atoms with Gasteiger partial charge in [-0.15, -0.1) is 0 Å². The second kappa shape index (κ2) is 6.00. The van der Waals surface area contributed by atoms with Crippen LogP contribution in [-0.2, 0) is 20.9 Å². The van der Waals surface area contributed by atoms with Crippen molar-refractivity contribution in [2.75, 3.05) is 19.6 Å². The van der Waals surface area contributed by atoms with Crippen LogP contribution in [0.15, 0.2) is 22.8 Å². The molecule has 2 fully saturated rings. The van der Waals surface area contributed by atoms with E-state index < -0.39 is 0 Å². The van der Waals surface area contributed by atoms with Crippen molar-refractivity contribution in [1.82, 2.24) is 9.80 Å². The molecule has 6 nitrogen and oxygen atoms in total. The number of nitrogens with zero attached hydrogens (tertiary/aromatic N) is 2. The van der Waals surface area contributed by atoms with Gasteiger partial charge in [0.15, 0.2) is 0 Å². The van der Waals surface area contributed by atoms with Gasteiger partial charge in [0.2, 0.25) is 11.8 Å². The molecule has 2 saturated heterocycles. The highest BCUT2D eigenvalue weighted by Gasteiger charge is 2.40. The molecular weight excluding hydrogens is 296 g/mol. The molecule has 2 amide bonds. The number of hydrogen-bond donors (Lipinski definition) is 0. The highest BCUT2D eigenvalue weighted by atomic mass is 16.5. The van der Waals surface area contributed by atoms with E-state index in [1.807, 2.05) is 31.7 Å². The summed E-state index contributed by atoms with van der Waals surface area (Å²) in [7, 11) is 0. The summed E-state index contributed by atoms with van der Waals surface area (Å²) in [5, 5.41) is 0. The summed E-state index contributed by atoms with van der Waals surface area (Å²) in [4.78, 5) is 28.5. The molecule has 1 aromatic rings. The molecule has 0 aromatic carbocycles. The minimum Gasteiger partial charge on any atom is -0.467 e. The van der Waals surface area contributed by atoms with Crippen LogP contribution in [0.1, 0.15) is 33.0 Å². The van der Waals surface area contributed by atoms with Crippen LogP contribution in [0.5, 0.6) is 0 Å². The van der Waals surface area contributed by atoms with Gasteiger partial charge in [0.25, 0.3) is 0 Å². The quantitative estimate of drug-likeness (QED) is 0.849. The van der Waals surface area contributed by atoms with E-state index in [0.717, 1.165) is 5.76 Å². The first kappa shape index (κ1) is 16.1. The molecule has 3 heterocycles. The van der Waals surface area contributed by atoms with Gasteiger partial charge >= 0.3 is 0 Å². The minimum absolute atomic E-state index is 0.0130. The normalized spacial score (nSPS) is 27.5. The van der Waals surface area contributed by atoms with Gasteiger partial charge in [-0.25, -0.2) is 0 Å². The van der Waals surface area contributed by atoms with Gasteiger partial charge in [-0.1, -0.05) is 0 Å². The van der Waals surface area contributed by atoms with Crippen molar-refractivity contribution in [2.24, 2.45) is 5.92 Å². The number of hydrogen-bond acceptors (Lipinski definition) is 4. The number of ether oxygens (including phenoxy) is 1. The smallest absolute Gasteiger partial charge is 0.228 e. The predicted molar refractivity (Wildman–Crippen MR) is 83.4 cm³/mol. The largest absolute Gasteiger partial charge is 0.467 e. The fraction of sp³-hybridized carbons (Fsp3) is 0.647. The minimum atomic E-state index is -0.343. The second-order valence-electron chi connectivity index (χ2n) is 7.16. The van der Waals surface area contributed by atoms with Crippen molar-refractivity contribution < 1.29 is 18.7 Å². The Bertz CT molecular complexity index is 581. The maximum atomic E-state index is 12.8. The van der Waals surface area contributed by atoms with Crippen LogP contribution in [0.4, 0.5) is 0 Å². The summed E-state index contributed by atoms with van der Waals surface area (Å²) in [6, 6.07) is 3.64. The molecule has 0 N–H and O–H groups in total. The Morgan fingerprint density at radius 1 is 1.39 bits per heavy atom. The van der Waals surface area contributed by atoms with Crippen LogP contribution in [0.3, 0.4) is 0 Å². The van der Waals surface area contributed by atoms with E-state index in [2.05, 4.69) is 0 Å². The zero-order valence-electron chi connectivity index (χ0n) is 13.9. The molecule has 0 unspecified atom stereocenters. The van der Waals surface area contributed by atoms with E-state index in [0.29, 0.717) is 26.2 Å². The summed E-state index contributed by atoms with van der Waals surface area (Å²) in [6.07, 6.45) is 1.89. The summed E-state index contributed by atoms with van der Waals surface area (Å²) >= 11 is 0. The number of furan rings is 1. The van der Waals surface area contributed by atoms with Gasteiger partial charge in [0, 0.05) is 26.1 Å². The molecule has 2 aliphatic heterocycles. The lowest BCUT2D eigenvalue weighted by molar-refractivity contribution is -0.161. The number of likely N-dealkylation sites (tertiary alicyclic amines) is 1. The van der Waals surface area contributed by atoms with Gasteiger partial charge in [0.05, 0.1) is 30.4 Å². The van der Waals surface area contributed by atoms with E-state index in [1.165, 1.54) is 0 Å². The SMILES string of the molecule is C[C@H]1CN(C(=O)[C@H]2CC(=O)N(Cc3ccco3)C2)CC(C)(C)O1. The fourth-order valence-electron chi connectivity index (χ4n) is 3.56. The molecule has 0 aliphatic carbocycles. The Morgan fingerprint density at radius 2 is 2.17 bits per heavy atom.